The normalized spacial score (nSPS) is 16.7. The number of rotatable bonds is 3. The van der Waals surface area contributed by atoms with Crippen molar-refractivity contribution in [1.82, 2.24) is 14.1 Å². The van der Waals surface area contributed by atoms with Gasteiger partial charge >= 0.3 is 0 Å². The average molecular weight is 355 g/mol. The Labute approximate surface area is 141 Å². The first-order valence-corrected chi connectivity index (χ1v) is 9.22. The topological polar surface area (TPSA) is 58.4 Å². The van der Waals surface area contributed by atoms with Crippen LogP contribution in [0.2, 0.25) is 5.15 Å². The highest BCUT2D eigenvalue weighted by Gasteiger charge is 2.33. The molecule has 1 aliphatic heterocycles. The standard InChI is InChI=1S/C15H19ClN4O2S/c1-12-14(15(16)18(2)17-12)23(21,22)20-10-8-19(9-11-20)13-6-4-3-5-7-13/h3-7H,8-11H2,1-2H3. The van der Waals surface area contributed by atoms with Crippen LogP contribution < -0.4 is 4.90 Å². The zero-order valence-corrected chi connectivity index (χ0v) is 14.7. The molecule has 2 heterocycles. The monoisotopic (exact) mass is 354 g/mol. The lowest BCUT2D eigenvalue weighted by Crippen LogP contribution is -2.48. The highest BCUT2D eigenvalue weighted by atomic mass is 35.5. The first-order valence-electron chi connectivity index (χ1n) is 7.40. The van der Waals surface area contributed by atoms with E-state index in [-0.39, 0.29) is 10.0 Å². The van der Waals surface area contributed by atoms with Crippen LogP contribution in [0, 0.1) is 6.92 Å². The fourth-order valence-electron chi connectivity index (χ4n) is 2.86. The Morgan fingerprint density at radius 1 is 1.09 bits per heavy atom. The zero-order chi connectivity index (χ0) is 16.6. The molecule has 23 heavy (non-hydrogen) atoms. The molecule has 124 valence electrons. The van der Waals surface area contributed by atoms with Crippen LogP contribution in [0.1, 0.15) is 5.69 Å². The Bertz CT molecular complexity index is 796. The predicted molar refractivity (Wildman–Crippen MR) is 90.4 cm³/mol. The number of nitrogens with zero attached hydrogens (tertiary/aromatic N) is 4. The van der Waals surface area contributed by atoms with Crippen LogP contribution in [0.5, 0.6) is 0 Å². The number of anilines is 1. The molecular weight excluding hydrogens is 336 g/mol. The Balaban J connectivity index is 1.79. The van der Waals surface area contributed by atoms with E-state index >= 15 is 0 Å². The number of aromatic nitrogens is 2. The molecule has 1 aliphatic rings. The highest BCUT2D eigenvalue weighted by molar-refractivity contribution is 7.89. The summed E-state index contributed by atoms with van der Waals surface area (Å²) in [4.78, 5) is 2.30. The Hall–Kier alpha value is -1.57. The van der Waals surface area contributed by atoms with E-state index in [1.807, 2.05) is 30.3 Å². The Morgan fingerprint density at radius 2 is 1.70 bits per heavy atom. The second-order valence-electron chi connectivity index (χ2n) is 5.56. The molecular formula is C15H19ClN4O2S. The van der Waals surface area contributed by atoms with E-state index in [4.69, 9.17) is 11.6 Å². The summed E-state index contributed by atoms with van der Waals surface area (Å²) in [5.41, 5.74) is 1.54. The van der Waals surface area contributed by atoms with Gasteiger partial charge in [-0.1, -0.05) is 29.8 Å². The third-order valence-corrected chi connectivity index (χ3v) is 6.65. The summed E-state index contributed by atoms with van der Waals surface area (Å²) < 4.78 is 28.6. The predicted octanol–water partition coefficient (Wildman–Crippen LogP) is 1.89. The SMILES string of the molecule is Cc1nn(C)c(Cl)c1S(=O)(=O)N1CCN(c2ccccc2)CC1. The molecule has 0 unspecified atom stereocenters. The lowest BCUT2D eigenvalue weighted by Gasteiger charge is -2.35. The van der Waals surface area contributed by atoms with E-state index in [0.29, 0.717) is 31.9 Å². The van der Waals surface area contributed by atoms with E-state index in [0.717, 1.165) is 5.69 Å². The fraction of sp³-hybridized carbons (Fsp3) is 0.400. The molecule has 1 saturated heterocycles. The molecule has 0 radical (unpaired) electrons. The summed E-state index contributed by atoms with van der Waals surface area (Å²) in [6.07, 6.45) is 0. The van der Waals surface area contributed by atoms with Crippen LogP contribution in [0.3, 0.4) is 0 Å². The number of hydrogen-bond acceptors (Lipinski definition) is 4. The van der Waals surface area contributed by atoms with Gasteiger partial charge in [-0.3, -0.25) is 4.68 Å². The quantitative estimate of drug-likeness (QED) is 0.844. The molecule has 0 amide bonds. The number of sulfonamides is 1. The van der Waals surface area contributed by atoms with Crippen molar-refractivity contribution in [2.45, 2.75) is 11.8 Å². The summed E-state index contributed by atoms with van der Waals surface area (Å²) in [6.45, 7) is 3.84. The molecule has 2 aromatic rings. The highest BCUT2D eigenvalue weighted by Crippen LogP contribution is 2.28. The van der Waals surface area contributed by atoms with E-state index < -0.39 is 10.0 Å². The first kappa shape index (κ1) is 16.3. The Morgan fingerprint density at radius 3 is 2.22 bits per heavy atom. The van der Waals surface area contributed by atoms with E-state index in [2.05, 4.69) is 10.00 Å². The summed E-state index contributed by atoms with van der Waals surface area (Å²) >= 11 is 6.13. The van der Waals surface area contributed by atoms with Gasteiger partial charge in [-0.2, -0.15) is 9.40 Å². The third-order valence-electron chi connectivity index (χ3n) is 4.06. The van der Waals surface area contributed by atoms with Gasteiger partial charge in [-0.25, -0.2) is 8.42 Å². The molecule has 0 bridgehead atoms. The van der Waals surface area contributed by atoms with Crippen molar-refractivity contribution in [2.75, 3.05) is 31.1 Å². The van der Waals surface area contributed by atoms with E-state index in [1.54, 1.807) is 14.0 Å². The van der Waals surface area contributed by atoms with Gasteiger partial charge in [0.1, 0.15) is 10.0 Å². The van der Waals surface area contributed by atoms with Crippen LogP contribution in [0.15, 0.2) is 35.2 Å². The summed E-state index contributed by atoms with van der Waals surface area (Å²) in [5, 5.41) is 4.26. The van der Waals surface area contributed by atoms with Gasteiger partial charge < -0.3 is 4.90 Å². The molecule has 0 spiro atoms. The van der Waals surface area contributed by atoms with E-state index in [9.17, 15) is 8.42 Å². The van der Waals surface area contributed by atoms with Crippen LogP contribution in [0.25, 0.3) is 0 Å². The minimum atomic E-state index is -3.62. The molecule has 0 saturated carbocycles. The van der Waals surface area contributed by atoms with Crippen molar-refractivity contribution in [3.8, 4) is 0 Å². The zero-order valence-electron chi connectivity index (χ0n) is 13.1. The summed E-state index contributed by atoms with van der Waals surface area (Å²) in [6, 6.07) is 10.0. The number of piperazine rings is 1. The minimum Gasteiger partial charge on any atom is -0.369 e. The molecule has 8 heteroatoms. The van der Waals surface area contributed by atoms with Crippen LogP contribution in [0.4, 0.5) is 5.69 Å². The second kappa shape index (κ2) is 6.14. The van der Waals surface area contributed by atoms with Gasteiger partial charge in [0.05, 0.1) is 5.69 Å². The van der Waals surface area contributed by atoms with Crippen LogP contribution >= 0.6 is 11.6 Å². The van der Waals surface area contributed by atoms with Gasteiger partial charge in [0.25, 0.3) is 0 Å². The largest absolute Gasteiger partial charge is 0.369 e. The molecule has 3 rings (SSSR count). The van der Waals surface area contributed by atoms with Crippen molar-refractivity contribution < 1.29 is 8.42 Å². The maximum atomic E-state index is 12.9. The van der Waals surface area contributed by atoms with Gasteiger partial charge in [-0.15, -0.1) is 0 Å². The number of halogens is 1. The minimum absolute atomic E-state index is 0.120. The van der Waals surface area contributed by atoms with Crippen molar-refractivity contribution in [2.24, 2.45) is 7.05 Å². The summed E-state index contributed by atoms with van der Waals surface area (Å²) in [5.74, 6) is 0. The van der Waals surface area contributed by atoms with Gasteiger partial charge in [0.15, 0.2) is 0 Å². The maximum Gasteiger partial charge on any atom is 0.248 e. The fourth-order valence-corrected chi connectivity index (χ4v) is 4.99. The molecule has 1 aromatic carbocycles. The van der Waals surface area contributed by atoms with Crippen molar-refractivity contribution in [3.05, 3.63) is 41.2 Å². The van der Waals surface area contributed by atoms with Crippen molar-refractivity contribution in [3.63, 3.8) is 0 Å². The lowest BCUT2D eigenvalue weighted by atomic mass is 10.2. The summed E-state index contributed by atoms with van der Waals surface area (Å²) in [7, 11) is -1.98. The average Bonchev–Trinajstić information content (AvgIpc) is 2.81. The van der Waals surface area contributed by atoms with Crippen molar-refractivity contribution >= 4 is 27.3 Å². The Kier molecular flexibility index (Phi) is 4.35. The number of para-hydroxylation sites is 1. The molecule has 6 nitrogen and oxygen atoms in total. The van der Waals surface area contributed by atoms with E-state index in [1.165, 1.54) is 8.99 Å². The molecule has 0 N–H and O–H groups in total. The van der Waals surface area contributed by atoms with Gasteiger partial charge in [-0.05, 0) is 19.1 Å². The van der Waals surface area contributed by atoms with Gasteiger partial charge in [0, 0.05) is 38.9 Å². The number of benzene rings is 1. The first-order chi connectivity index (χ1) is 10.9. The maximum absolute atomic E-state index is 12.9. The van der Waals surface area contributed by atoms with Crippen molar-refractivity contribution in [1.29, 1.82) is 0 Å². The lowest BCUT2D eigenvalue weighted by molar-refractivity contribution is 0.384. The second-order valence-corrected chi connectivity index (χ2v) is 7.79. The number of hydrogen-bond donors (Lipinski definition) is 0. The van der Waals surface area contributed by atoms with Crippen LogP contribution in [-0.2, 0) is 17.1 Å². The number of aryl methyl sites for hydroxylation is 2. The molecule has 0 atom stereocenters. The molecule has 1 fully saturated rings. The van der Waals surface area contributed by atoms with Gasteiger partial charge in [0.2, 0.25) is 10.0 Å². The molecule has 0 aliphatic carbocycles. The molecule has 1 aromatic heterocycles. The van der Waals surface area contributed by atoms with Crippen LogP contribution in [-0.4, -0.2) is 48.7 Å². The smallest absolute Gasteiger partial charge is 0.248 e. The third kappa shape index (κ3) is 2.96.